The number of nitrogens with zero attached hydrogens (tertiary/aromatic N) is 1. The van der Waals surface area contributed by atoms with Crippen LogP contribution in [0.4, 0.5) is 17.1 Å². The van der Waals surface area contributed by atoms with Gasteiger partial charge in [-0.15, -0.1) is 11.3 Å². The quantitative estimate of drug-likeness (QED) is 0.154. The summed E-state index contributed by atoms with van der Waals surface area (Å²) in [7, 11) is 0. The van der Waals surface area contributed by atoms with Crippen molar-refractivity contribution >= 4 is 80.9 Å². The fraction of sp³-hybridized carbons (Fsp3) is 0. The van der Waals surface area contributed by atoms with Crippen LogP contribution in [0, 0.1) is 0 Å². The number of fused-ring (bicyclic) bond motifs is 7. The summed E-state index contributed by atoms with van der Waals surface area (Å²) in [5.74, 6) is 0. The second-order valence-electron chi connectivity index (χ2n) is 14.5. The van der Waals surface area contributed by atoms with Gasteiger partial charge in [0.05, 0.1) is 10.4 Å². The Morgan fingerprint density at radius 2 is 0.893 bits per heavy atom. The predicted octanol–water partition coefficient (Wildman–Crippen LogP) is 16.0. The van der Waals surface area contributed by atoms with Crippen LogP contribution in [0.5, 0.6) is 0 Å². The van der Waals surface area contributed by atoms with Gasteiger partial charge in [-0.1, -0.05) is 158 Å². The van der Waals surface area contributed by atoms with Crippen molar-refractivity contribution in [2.75, 3.05) is 4.90 Å². The summed E-state index contributed by atoms with van der Waals surface area (Å²) in [4.78, 5) is 2.44. The Hall–Kier alpha value is -7.00. The van der Waals surface area contributed by atoms with Crippen LogP contribution in [-0.2, 0) is 0 Å². The summed E-state index contributed by atoms with van der Waals surface area (Å²) in [6.45, 7) is 0. The van der Waals surface area contributed by atoms with E-state index in [2.05, 4.69) is 217 Å². The summed E-state index contributed by atoms with van der Waals surface area (Å²) in [5, 5.41) is 10.2. The molecule has 0 radical (unpaired) electrons. The standard InChI is InChI=1S/C54H35NS/c1-2-13-36(14-3-1)37-27-29-44(30-28-37)55(52-26-12-25-49-51-33-40-15-4-5-16-41(40)35-53(51)56-54(49)52)45-21-11-19-39(32-45)38-18-10-20-42(31-38)50-34-43-17-6-7-22-46(43)47-23-8-9-24-48(47)50/h1-35H. The lowest BCUT2D eigenvalue weighted by Gasteiger charge is -2.27. The Bertz CT molecular complexity index is 3250. The maximum atomic E-state index is 2.44. The molecule has 1 nitrogen and oxygen atoms in total. The van der Waals surface area contributed by atoms with Crippen molar-refractivity contribution in [3.8, 4) is 33.4 Å². The van der Waals surface area contributed by atoms with Gasteiger partial charge >= 0.3 is 0 Å². The SMILES string of the molecule is c1ccc(-c2ccc(N(c3cccc(-c4cccc(-c5cc6ccccc6c6ccccc56)c4)c3)c3cccc4c3sc3cc5ccccc5cc34)cc2)cc1. The number of hydrogen-bond acceptors (Lipinski definition) is 2. The molecule has 0 unspecified atom stereocenters. The third-order valence-electron chi connectivity index (χ3n) is 11.2. The topological polar surface area (TPSA) is 3.24 Å². The molecule has 0 saturated heterocycles. The molecule has 1 aromatic heterocycles. The minimum absolute atomic E-state index is 1.12. The zero-order valence-electron chi connectivity index (χ0n) is 30.6. The lowest BCUT2D eigenvalue weighted by atomic mass is 9.92. The molecule has 0 fully saturated rings. The van der Waals surface area contributed by atoms with E-state index in [1.165, 1.54) is 91.6 Å². The Morgan fingerprint density at radius 1 is 0.304 bits per heavy atom. The van der Waals surface area contributed by atoms with E-state index in [1.54, 1.807) is 0 Å². The normalized spacial score (nSPS) is 11.6. The van der Waals surface area contributed by atoms with Crippen LogP contribution in [0.1, 0.15) is 0 Å². The molecule has 56 heavy (non-hydrogen) atoms. The summed E-state index contributed by atoms with van der Waals surface area (Å²) in [6, 6.07) is 77.7. The maximum absolute atomic E-state index is 2.44. The number of rotatable bonds is 6. The molecule has 10 aromatic carbocycles. The molecule has 0 aliphatic heterocycles. The minimum atomic E-state index is 1.12. The maximum Gasteiger partial charge on any atom is 0.0640 e. The van der Waals surface area contributed by atoms with Crippen molar-refractivity contribution in [3.05, 3.63) is 212 Å². The van der Waals surface area contributed by atoms with Gasteiger partial charge < -0.3 is 4.90 Å². The molecule has 0 saturated carbocycles. The third kappa shape index (κ3) is 5.54. The van der Waals surface area contributed by atoms with E-state index in [1.807, 2.05) is 11.3 Å². The van der Waals surface area contributed by atoms with Gasteiger partial charge in [0.1, 0.15) is 0 Å². The van der Waals surface area contributed by atoms with Gasteiger partial charge in [-0.2, -0.15) is 0 Å². The van der Waals surface area contributed by atoms with Crippen molar-refractivity contribution in [3.63, 3.8) is 0 Å². The second-order valence-corrected chi connectivity index (χ2v) is 15.6. The summed E-state index contributed by atoms with van der Waals surface area (Å²) in [6.07, 6.45) is 0. The highest BCUT2D eigenvalue weighted by Gasteiger charge is 2.19. The van der Waals surface area contributed by atoms with E-state index >= 15 is 0 Å². The van der Waals surface area contributed by atoms with Crippen molar-refractivity contribution in [1.29, 1.82) is 0 Å². The number of thiophene rings is 1. The van der Waals surface area contributed by atoms with Crippen LogP contribution in [-0.4, -0.2) is 0 Å². The second kappa shape index (κ2) is 13.4. The third-order valence-corrected chi connectivity index (χ3v) is 12.4. The Balaban J connectivity index is 1.07. The van der Waals surface area contributed by atoms with Gasteiger partial charge in [0.2, 0.25) is 0 Å². The average molecular weight is 730 g/mol. The first-order valence-corrected chi connectivity index (χ1v) is 20.0. The molecular weight excluding hydrogens is 695 g/mol. The van der Waals surface area contributed by atoms with Crippen LogP contribution in [0.25, 0.3) is 85.9 Å². The lowest BCUT2D eigenvalue weighted by Crippen LogP contribution is -2.10. The van der Waals surface area contributed by atoms with Gasteiger partial charge in [-0.25, -0.2) is 0 Å². The monoisotopic (exact) mass is 729 g/mol. The predicted molar refractivity (Wildman–Crippen MR) is 243 cm³/mol. The van der Waals surface area contributed by atoms with Gasteiger partial charge in [-0.3, -0.25) is 0 Å². The zero-order chi connectivity index (χ0) is 37.0. The highest BCUT2D eigenvalue weighted by Crippen LogP contribution is 2.46. The number of benzene rings is 10. The van der Waals surface area contributed by atoms with E-state index in [4.69, 9.17) is 0 Å². The Labute approximate surface area is 330 Å². The first-order valence-electron chi connectivity index (χ1n) is 19.2. The van der Waals surface area contributed by atoms with E-state index in [9.17, 15) is 0 Å². The van der Waals surface area contributed by atoms with Gasteiger partial charge in [0, 0.05) is 26.8 Å². The van der Waals surface area contributed by atoms with Crippen LogP contribution in [0.2, 0.25) is 0 Å². The van der Waals surface area contributed by atoms with E-state index < -0.39 is 0 Å². The summed E-state index contributed by atoms with van der Waals surface area (Å²) in [5.41, 5.74) is 10.7. The smallest absolute Gasteiger partial charge is 0.0640 e. The zero-order valence-corrected chi connectivity index (χ0v) is 31.4. The molecule has 0 aliphatic rings. The van der Waals surface area contributed by atoms with Crippen molar-refractivity contribution < 1.29 is 0 Å². The van der Waals surface area contributed by atoms with Crippen LogP contribution < -0.4 is 4.90 Å². The largest absolute Gasteiger partial charge is 0.309 e. The molecule has 0 aliphatic carbocycles. The highest BCUT2D eigenvalue weighted by atomic mass is 32.1. The van der Waals surface area contributed by atoms with Crippen molar-refractivity contribution in [2.24, 2.45) is 0 Å². The fourth-order valence-corrected chi connectivity index (χ4v) is 9.73. The molecule has 0 N–H and O–H groups in total. The van der Waals surface area contributed by atoms with Gasteiger partial charge in [0.15, 0.2) is 0 Å². The van der Waals surface area contributed by atoms with Crippen LogP contribution in [0.3, 0.4) is 0 Å². The highest BCUT2D eigenvalue weighted by molar-refractivity contribution is 7.26. The van der Waals surface area contributed by atoms with Crippen molar-refractivity contribution in [1.82, 2.24) is 0 Å². The molecule has 0 bridgehead atoms. The number of anilines is 3. The molecule has 1 heterocycles. The van der Waals surface area contributed by atoms with E-state index in [0.717, 1.165) is 11.4 Å². The van der Waals surface area contributed by atoms with Crippen LogP contribution in [0.15, 0.2) is 212 Å². The first kappa shape index (κ1) is 32.4. The molecule has 11 rings (SSSR count). The van der Waals surface area contributed by atoms with E-state index in [0.29, 0.717) is 0 Å². The molecule has 262 valence electrons. The molecule has 0 atom stereocenters. The molecule has 11 aromatic rings. The van der Waals surface area contributed by atoms with E-state index in [-0.39, 0.29) is 0 Å². The number of hydrogen-bond donors (Lipinski definition) is 0. The van der Waals surface area contributed by atoms with Gasteiger partial charge in [0.25, 0.3) is 0 Å². The molecular formula is C54H35NS. The van der Waals surface area contributed by atoms with Crippen LogP contribution >= 0.6 is 11.3 Å². The fourth-order valence-electron chi connectivity index (χ4n) is 8.49. The average Bonchev–Trinajstić information content (AvgIpc) is 3.64. The lowest BCUT2D eigenvalue weighted by molar-refractivity contribution is 1.30. The van der Waals surface area contributed by atoms with Crippen molar-refractivity contribution in [2.45, 2.75) is 0 Å². The van der Waals surface area contributed by atoms with Gasteiger partial charge in [-0.05, 0) is 120 Å². The Kier molecular flexibility index (Phi) is 7.75. The molecule has 0 spiro atoms. The molecule has 0 amide bonds. The molecule has 2 heteroatoms. The minimum Gasteiger partial charge on any atom is -0.309 e. The summed E-state index contributed by atoms with van der Waals surface area (Å²) < 4.78 is 2.58. The first-order chi connectivity index (χ1) is 27.7. The Morgan fingerprint density at radius 3 is 1.71 bits per heavy atom. The summed E-state index contributed by atoms with van der Waals surface area (Å²) >= 11 is 1.88.